The molecule has 0 aliphatic rings. The van der Waals surface area contributed by atoms with Gasteiger partial charge in [0.2, 0.25) is 0 Å². The first-order valence-corrected chi connectivity index (χ1v) is 5.74. The van der Waals surface area contributed by atoms with Crippen LogP contribution in [-0.2, 0) is 16.1 Å². The monoisotopic (exact) mass is 230 g/mol. The molecule has 2 N–H and O–H groups in total. The van der Waals surface area contributed by atoms with E-state index in [1.807, 2.05) is 19.2 Å². The largest absolute Gasteiger partial charge is 0.379 e. The fraction of sp³-hybridized carbons (Fsp3) is 0.700. The van der Waals surface area contributed by atoms with Gasteiger partial charge in [-0.1, -0.05) is 0 Å². The number of anilines is 1. The molecule has 0 bridgehead atoms. The maximum Gasteiger partial charge on any atom is 0.180 e. The van der Waals surface area contributed by atoms with Gasteiger partial charge in [-0.25, -0.2) is 4.98 Å². The van der Waals surface area contributed by atoms with E-state index in [9.17, 15) is 0 Å². The van der Waals surface area contributed by atoms with Crippen molar-refractivity contribution in [3.05, 3.63) is 11.1 Å². The van der Waals surface area contributed by atoms with Gasteiger partial charge in [-0.3, -0.25) is 0 Å². The van der Waals surface area contributed by atoms with Crippen molar-refractivity contribution >= 4 is 16.5 Å². The first kappa shape index (κ1) is 12.4. The average molecular weight is 230 g/mol. The Kier molecular flexibility index (Phi) is 4.50. The fourth-order valence-electron chi connectivity index (χ4n) is 0.986. The van der Waals surface area contributed by atoms with E-state index in [4.69, 9.17) is 15.2 Å². The number of hydrogen-bond acceptors (Lipinski definition) is 5. The molecule has 15 heavy (non-hydrogen) atoms. The van der Waals surface area contributed by atoms with Crippen LogP contribution in [0.2, 0.25) is 0 Å². The van der Waals surface area contributed by atoms with Crippen molar-refractivity contribution in [1.82, 2.24) is 4.98 Å². The van der Waals surface area contributed by atoms with Gasteiger partial charge in [0.25, 0.3) is 0 Å². The third kappa shape index (κ3) is 4.59. The Morgan fingerprint density at radius 1 is 1.53 bits per heavy atom. The van der Waals surface area contributed by atoms with E-state index in [0.29, 0.717) is 18.3 Å². The summed E-state index contributed by atoms with van der Waals surface area (Å²) >= 11 is 1.43. The van der Waals surface area contributed by atoms with Crippen LogP contribution in [0.25, 0.3) is 0 Å². The number of thiazole rings is 1. The number of nitrogens with two attached hydrogens (primary N) is 1. The van der Waals surface area contributed by atoms with E-state index in [1.165, 1.54) is 11.3 Å². The lowest BCUT2D eigenvalue weighted by molar-refractivity contribution is -0.0127. The summed E-state index contributed by atoms with van der Waals surface area (Å²) in [5.74, 6) is 0. The molecule has 86 valence electrons. The quantitative estimate of drug-likeness (QED) is 0.760. The number of methoxy groups -OCH3 is 1. The molecule has 0 unspecified atom stereocenters. The molecule has 0 radical (unpaired) electrons. The summed E-state index contributed by atoms with van der Waals surface area (Å²) in [6.07, 6.45) is 0.864. The number of rotatable bonds is 6. The molecule has 0 aliphatic heterocycles. The normalized spacial score (nSPS) is 11.9. The zero-order valence-corrected chi connectivity index (χ0v) is 10.3. The topological polar surface area (TPSA) is 57.4 Å². The van der Waals surface area contributed by atoms with Crippen LogP contribution in [0.4, 0.5) is 5.13 Å². The summed E-state index contributed by atoms with van der Waals surface area (Å²) in [6.45, 7) is 5.26. The van der Waals surface area contributed by atoms with Gasteiger partial charge in [0.05, 0.1) is 17.9 Å². The molecule has 0 saturated carbocycles. The molecule has 1 aromatic heterocycles. The molecule has 1 heterocycles. The molecule has 0 spiro atoms. The Bertz CT molecular complexity index is 299. The Morgan fingerprint density at radius 3 is 2.80 bits per heavy atom. The van der Waals surface area contributed by atoms with E-state index in [2.05, 4.69) is 4.98 Å². The molecule has 1 aromatic rings. The molecule has 5 heteroatoms. The molecule has 0 fully saturated rings. The fourth-order valence-corrected chi connectivity index (χ4v) is 1.53. The Hall–Kier alpha value is -0.650. The van der Waals surface area contributed by atoms with Gasteiger partial charge in [-0.05, 0) is 20.3 Å². The molecule has 0 aliphatic carbocycles. The van der Waals surface area contributed by atoms with E-state index in [0.717, 1.165) is 12.1 Å². The van der Waals surface area contributed by atoms with Gasteiger partial charge in [0.1, 0.15) is 0 Å². The van der Waals surface area contributed by atoms with Crippen LogP contribution in [0.15, 0.2) is 5.38 Å². The summed E-state index contributed by atoms with van der Waals surface area (Å²) < 4.78 is 10.8. The minimum absolute atomic E-state index is 0.124. The van der Waals surface area contributed by atoms with Gasteiger partial charge in [0.15, 0.2) is 5.13 Å². The third-order valence-corrected chi connectivity index (χ3v) is 2.94. The van der Waals surface area contributed by atoms with Gasteiger partial charge >= 0.3 is 0 Å². The van der Waals surface area contributed by atoms with Crippen LogP contribution in [0.3, 0.4) is 0 Å². The molecule has 0 atom stereocenters. The van der Waals surface area contributed by atoms with Crippen molar-refractivity contribution in [2.75, 3.05) is 19.5 Å². The van der Waals surface area contributed by atoms with Gasteiger partial charge < -0.3 is 15.2 Å². The molecule has 0 saturated heterocycles. The predicted octanol–water partition coefficient (Wildman–Crippen LogP) is 2.06. The Morgan fingerprint density at radius 2 is 2.27 bits per heavy atom. The third-order valence-electron chi connectivity index (χ3n) is 2.22. The van der Waals surface area contributed by atoms with Gasteiger partial charge in [-0.2, -0.15) is 0 Å². The van der Waals surface area contributed by atoms with Crippen molar-refractivity contribution in [2.24, 2.45) is 0 Å². The van der Waals surface area contributed by atoms with E-state index in [1.54, 1.807) is 7.11 Å². The molecule has 0 amide bonds. The van der Waals surface area contributed by atoms with Gasteiger partial charge in [0, 0.05) is 19.1 Å². The minimum Gasteiger partial charge on any atom is -0.379 e. The van der Waals surface area contributed by atoms with Gasteiger partial charge in [-0.15, -0.1) is 11.3 Å². The predicted molar refractivity (Wildman–Crippen MR) is 61.9 cm³/mol. The van der Waals surface area contributed by atoms with Crippen LogP contribution in [-0.4, -0.2) is 24.3 Å². The van der Waals surface area contributed by atoms with Crippen molar-refractivity contribution in [1.29, 1.82) is 0 Å². The lowest BCUT2D eigenvalue weighted by Gasteiger charge is -2.22. The second kappa shape index (κ2) is 5.44. The summed E-state index contributed by atoms with van der Waals surface area (Å²) in [7, 11) is 1.71. The highest BCUT2D eigenvalue weighted by Crippen LogP contribution is 2.14. The average Bonchev–Trinajstić information content (AvgIpc) is 2.59. The molecular weight excluding hydrogens is 212 g/mol. The van der Waals surface area contributed by atoms with Crippen LogP contribution in [0.5, 0.6) is 0 Å². The molecule has 0 aromatic carbocycles. The van der Waals surface area contributed by atoms with Crippen LogP contribution in [0, 0.1) is 0 Å². The maximum atomic E-state index is 5.51. The van der Waals surface area contributed by atoms with Crippen molar-refractivity contribution in [2.45, 2.75) is 32.5 Å². The number of aromatic nitrogens is 1. The minimum atomic E-state index is -0.124. The Balaban J connectivity index is 2.17. The number of nitrogen functional groups attached to an aromatic ring is 1. The zero-order valence-electron chi connectivity index (χ0n) is 9.45. The highest BCUT2D eigenvalue weighted by molar-refractivity contribution is 7.13. The van der Waals surface area contributed by atoms with E-state index < -0.39 is 0 Å². The second-order valence-corrected chi connectivity index (χ2v) is 4.83. The first-order valence-electron chi connectivity index (χ1n) is 4.86. The molecule has 4 nitrogen and oxygen atoms in total. The van der Waals surface area contributed by atoms with Crippen molar-refractivity contribution in [3.63, 3.8) is 0 Å². The van der Waals surface area contributed by atoms with Crippen LogP contribution >= 0.6 is 11.3 Å². The van der Waals surface area contributed by atoms with E-state index in [-0.39, 0.29) is 5.60 Å². The maximum absolute atomic E-state index is 5.51. The number of hydrogen-bond donors (Lipinski definition) is 1. The SMILES string of the molecule is COC(C)(C)CCOCc1csc(N)n1. The first-order chi connectivity index (χ1) is 7.03. The van der Waals surface area contributed by atoms with Crippen molar-refractivity contribution < 1.29 is 9.47 Å². The second-order valence-electron chi connectivity index (χ2n) is 3.94. The summed E-state index contributed by atoms with van der Waals surface area (Å²) in [5.41, 5.74) is 6.28. The summed E-state index contributed by atoms with van der Waals surface area (Å²) in [6, 6.07) is 0. The smallest absolute Gasteiger partial charge is 0.180 e. The molecular formula is C10H18N2O2S. The highest BCUT2D eigenvalue weighted by Gasteiger charge is 2.15. The lowest BCUT2D eigenvalue weighted by atomic mass is 10.1. The van der Waals surface area contributed by atoms with Crippen LogP contribution in [0.1, 0.15) is 26.0 Å². The summed E-state index contributed by atoms with van der Waals surface area (Å²) in [5, 5.41) is 2.50. The highest BCUT2D eigenvalue weighted by atomic mass is 32.1. The lowest BCUT2D eigenvalue weighted by Crippen LogP contribution is -2.24. The number of nitrogens with zero attached hydrogens (tertiary/aromatic N) is 1. The van der Waals surface area contributed by atoms with Crippen LogP contribution < -0.4 is 5.73 Å². The zero-order chi connectivity index (χ0) is 11.3. The Labute approximate surface area is 94.4 Å². The number of ether oxygens (including phenoxy) is 2. The van der Waals surface area contributed by atoms with E-state index >= 15 is 0 Å². The standard InChI is InChI=1S/C10H18N2O2S/c1-10(2,13-3)4-5-14-6-8-7-15-9(11)12-8/h7H,4-6H2,1-3H3,(H2,11,12). The van der Waals surface area contributed by atoms with Crippen molar-refractivity contribution in [3.8, 4) is 0 Å². The molecule has 1 rings (SSSR count). The summed E-state index contributed by atoms with van der Waals surface area (Å²) in [4.78, 5) is 4.10.